The number of carbonyl (C=O) groups excluding carboxylic acids is 2. The zero-order valence-corrected chi connectivity index (χ0v) is 14.3. The number of amides is 2. The van der Waals surface area contributed by atoms with Gasteiger partial charge in [-0.05, 0) is 47.1 Å². The molecule has 2 amide bonds. The van der Waals surface area contributed by atoms with Crippen LogP contribution in [0.15, 0.2) is 11.6 Å². The minimum atomic E-state index is -0.525. The molecule has 0 bridgehead atoms. The molecule has 22 heavy (non-hydrogen) atoms. The summed E-state index contributed by atoms with van der Waals surface area (Å²) in [7, 11) is 0. The maximum absolute atomic E-state index is 12.2. The summed E-state index contributed by atoms with van der Waals surface area (Å²) in [6, 6.07) is -0.0950. The van der Waals surface area contributed by atoms with Crippen molar-refractivity contribution >= 4 is 12.2 Å². The molecule has 6 nitrogen and oxygen atoms in total. The van der Waals surface area contributed by atoms with Gasteiger partial charge in [0.2, 0.25) is 0 Å². The topological polar surface area (TPSA) is 59.1 Å². The number of ether oxygens (including phenoxy) is 2. The highest BCUT2D eigenvalue weighted by molar-refractivity contribution is 5.73. The van der Waals surface area contributed by atoms with Crippen molar-refractivity contribution in [2.75, 3.05) is 19.6 Å². The first-order valence-electron chi connectivity index (χ1n) is 7.63. The maximum atomic E-state index is 12.2. The van der Waals surface area contributed by atoms with Gasteiger partial charge in [0.15, 0.2) is 0 Å². The average molecular weight is 310 g/mol. The lowest BCUT2D eigenvalue weighted by Gasteiger charge is -2.29. The van der Waals surface area contributed by atoms with Crippen LogP contribution in [-0.2, 0) is 9.47 Å². The Hall–Kier alpha value is -1.72. The van der Waals surface area contributed by atoms with Gasteiger partial charge < -0.3 is 14.4 Å². The fraction of sp³-hybridized carbons (Fsp3) is 0.750. The van der Waals surface area contributed by atoms with E-state index in [4.69, 9.17) is 9.47 Å². The minimum Gasteiger partial charge on any atom is -0.444 e. The van der Waals surface area contributed by atoms with Gasteiger partial charge in [-0.2, -0.15) is 0 Å². The summed E-state index contributed by atoms with van der Waals surface area (Å²) in [5, 5.41) is 0. The largest absolute Gasteiger partial charge is 0.444 e. The smallest absolute Gasteiger partial charge is 0.411 e. The van der Waals surface area contributed by atoms with E-state index in [1.54, 1.807) is 9.80 Å². The van der Waals surface area contributed by atoms with Crippen LogP contribution < -0.4 is 0 Å². The predicted octanol–water partition coefficient (Wildman–Crippen LogP) is 2.78. The maximum Gasteiger partial charge on any atom is 0.411 e. The van der Waals surface area contributed by atoms with Gasteiger partial charge in [-0.3, -0.25) is 4.90 Å². The fourth-order valence-corrected chi connectivity index (χ4v) is 2.55. The molecule has 0 radical (unpaired) electrons. The molecule has 0 saturated carbocycles. The molecule has 1 atom stereocenters. The van der Waals surface area contributed by atoms with E-state index in [0.29, 0.717) is 19.6 Å². The van der Waals surface area contributed by atoms with E-state index < -0.39 is 11.2 Å². The van der Waals surface area contributed by atoms with Crippen molar-refractivity contribution in [2.24, 2.45) is 0 Å². The van der Waals surface area contributed by atoms with Crippen molar-refractivity contribution in [3.05, 3.63) is 11.6 Å². The molecular formula is C16H26N2O4. The van der Waals surface area contributed by atoms with Gasteiger partial charge in [0.05, 0.1) is 6.04 Å². The van der Waals surface area contributed by atoms with E-state index in [9.17, 15) is 9.59 Å². The van der Waals surface area contributed by atoms with Crippen LogP contribution in [0.4, 0.5) is 9.59 Å². The summed E-state index contributed by atoms with van der Waals surface area (Å²) in [5.41, 5.74) is 0.0360. The first kappa shape index (κ1) is 16.6. The molecule has 1 unspecified atom stereocenters. The van der Waals surface area contributed by atoms with Crippen molar-refractivity contribution in [1.82, 2.24) is 9.80 Å². The van der Waals surface area contributed by atoms with Crippen molar-refractivity contribution in [1.29, 1.82) is 0 Å². The van der Waals surface area contributed by atoms with Crippen molar-refractivity contribution in [2.45, 2.75) is 58.8 Å². The third kappa shape index (κ3) is 3.93. The second-order valence-electron chi connectivity index (χ2n) is 7.79. The molecular weight excluding hydrogens is 284 g/mol. The summed E-state index contributed by atoms with van der Waals surface area (Å²) in [6.07, 6.45) is 1.32. The zero-order valence-electron chi connectivity index (χ0n) is 14.3. The van der Waals surface area contributed by atoms with E-state index >= 15 is 0 Å². The molecule has 2 rings (SSSR count). The fourth-order valence-electron chi connectivity index (χ4n) is 2.55. The molecule has 1 fully saturated rings. The van der Waals surface area contributed by atoms with Gasteiger partial charge in [0, 0.05) is 19.6 Å². The number of nitrogens with zero attached hydrogens (tertiary/aromatic N) is 2. The second kappa shape index (κ2) is 5.48. The van der Waals surface area contributed by atoms with Gasteiger partial charge in [-0.15, -0.1) is 0 Å². The van der Waals surface area contributed by atoms with E-state index in [1.807, 2.05) is 47.6 Å². The Kier molecular flexibility index (Phi) is 4.15. The number of rotatable bonds is 0. The van der Waals surface area contributed by atoms with E-state index in [0.717, 1.165) is 5.57 Å². The highest BCUT2D eigenvalue weighted by Gasteiger charge is 2.42. The van der Waals surface area contributed by atoms with Crippen molar-refractivity contribution < 1.29 is 19.1 Å². The highest BCUT2D eigenvalue weighted by atomic mass is 16.6. The first-order valence-corrected chi connectivity index (χ1v) is 7.63. The number of hydrogen-bond acceptors (Lipinski definition) is 4. The summed E-state index contributed by atoms with van der Waals surface area (Å²) in [5.74, 6) is 0. The number of fused-ring (bicyclic) bond motifs is 1. The normalized spacial score (nSPS) is 21.5. The Morgan fingerprint density at radius 2 is 1.59 bits per heavy atom. The third-order valence-corrected chi connectivity index (χ3v) is 3.40. The van der Waals surface area contributed by atoms with E-state index in [2.05, 4.69) is 0 Å². The molecule has 0 aliphatic carbocycles. The molecule has 1 saturated heterocycles. The second-order valence-corrected chi connectivity index (χ2v) is 7.79. The lowest BCUT2D eigenvalue weighted by molar-refractivity contribution is 0.0173. The lowest BCUT2D eigenvalue weighted by Crippen LogP contribution is -2.44. The van der Waals surface area contributed by atoms with E-state index in [-0.39, 0.29) is 18.2 Å². The monoisotopic (exact) mass is 310 g/mol. The third-order valence-electron chi connectivity index (χ3n) is 3.40. The molecule has 6 heteroatoms. The van der Waals surface area contributed by atoms with Gasteiger partial charge in [0.1, 0.15) is 11.2 Å². The molecule has 2 aliphatic rings. The first-order chi connectivity index (χ1) is 9.96. The number of likely N-dealkylation sites (tertiary alicyclic amines) is 1. The van der Waals surface area contributed by atoms with E-state index in [1.165, 1.54) is 0 Å². The van der Waals surface area contributed by atoms with Crippen molar-refractivity contribution in [3.63, 3.8) is 0 Å². The van der Waals surface area contributed by atoms with Crippen LogP contribution in [-0.4, -0.2) is 58.9 Å². The van der Waals surface area contributed by atoms with Gasteiger partial charge in [-0.1, -0.05) is 6.08 Å². The Morgan fingerprint density at radius 3 is 2.14 bits per heavy atom. The Balaban J connectivity index is 1.99. The molecule has 0 N–H and O–H groups in total. The molecule has 2 aliphatic heterocycles. The van der Waals surface area contributed by atoms with Gasteiger partial charge in [-0.25, -0.2) is 9.59 Å². The van der Waals surface area contributed by atoms with Crippen molar-refractivity contribution in [3.8, 4) is 0 Å². The van der Waals surface area contributed by atoms with Gasteiger partial charge in [0.25, 0.3) is 0 Å². The quantitative estimate of drug-likeness (QED) is 0.646. The Bertz CT molecular complexity index is 499. The zero-order chi connectivity index (χ0) is 16.7. The summed E-state index contributed by atoms with van der Waals surface area (Å²) >= 11 is 0. The van der Waals surface area contributed by atoms with Crippen LogP contribution in [0.1, 0.15) is 41.5 Å². The lowest BCUT2D eigenvalue weighted by atomic mass is 10.2. The summed E-state index contributed by atoms with van der Waals surface area (Å²) in [6.45, 7) is 12.6. The molecule has 0 spiro atoms. The standard InChI is InChI=1S/C16H26N2O4/c1-15(2,3)21-13(19)17-9-11-7-8-18(12(11)10-17)14(20)22-16(4,5)6/h7,12H,8-10H2,1-6H3. The molecule has 124 valence electrons. The molecule has 0 aromatic rings. The van der Waals surface area contributed by atoms with Gasteiger partial charge >= 0.3 is 12.2 Å². The summed E-state index contributed by atoms with van der Waals surface area (Å²) in [4.78, 5) is 27.7. The van der Waals surface area contributed by atoms with Crippen LogP contribution in [0.5, 0.6) is 0 Å². The number of hydrogen-bond donors (Lipinski definition) is 0. The summed E-state index contributed by atoms with van der Waals surface area (Å²) < 4.78 is 10.8. The highest BCUT2D eigenvalue weighted by Crippen LogP contribution is 2.29. The van der Waals surface area contributed by atoms with Crippen LogP contribution >= 0.6 is 0 Å². The molecule has 2 heterocycles. The van der Waals surface area contributed by atoms with Crippen LogP contribution in [0.3, 0.4) is 0 Å². The average Bonchev–Trinajstić information content (AvgIpc) is 2.81. The Labute approximate surface area is 132 Å². The minimum absolute atomic E-state index is 0.0950. The molecule has 0 aromatic heterocycles. The Morgan fingerprint density at radius 1 is 1.05 bits per heavy atom. The SMILES string of the molecule is CC(C)(C)OC(=O)N1CC2=CCN(C(=O)OC(C)(C)C)C2C1. The molecule has 0 aromatic carbocycles. The van der Waals surface area contributed by atoms with Crippen LogP contribution in [0, 0.1) is 0 Å². The number of carbonyl (C=O) groups is 2. The predicted molar refractivity (Wildman–Crippen MR) is 82.6 cm³/mol. The van der Waals surface area contributed by atoms with Crippen LogP contribution in [0.25, 0.3) is 0 Å². The van der Waals surface area contributed by atoms with Crippen LogP contribution in [0.2, 0.25) is 0 Å².